The number of nitrogens with one attached hydrogen (secondary N) is 1. The van der Waals surface area contributed by atoms with Gasteiger partial charge in [-0.1, -0.05) is 11.6 Å². The third-order valence-electron chi connectivity index (χ3n) is 4.68. The molecule has 0 spiro atoms. The van der Waals surface area contributed by atoms with Crippen LogP contribution in [-0.2, 0) is 6.54 Å². The maximum Gasteiger partial charge on any atom is 0.158 e. The molecular formula is C21H17ClN6O2. The fraction of sp³-hybridized carbons (Fsp3) is 0.0952. The second-order valence-corrected chi connectivity index (χ2v) is 7.03. The first-order chi connectivity index (χ1) is 14.7. The number of aliphatic hydroxyl groups is 1. The quantitative estimate of drug-likeness (QED) is 0.426. The van der Waals surface area contributed by atoms with Crippen LogP contribution in [0.4, 0.5) is 11.5 Å². The van der Waals surface area contributed by atoms with Crippen molar-refractivity contribution in [3.63, 3.8) is 0 Å². The van der Waals surface area contributed by atoms with E-state index < -0.39 is 0 Å². The van der Waals surface area contributed by atoms with E-state index >= 15 is 0 Å². The summed E-state index contributed by atoms with van der Waals surface area (Å²) >= 11 is 6.46. The molecule has 0 unspecified atom stereocenters. The predicted octanol–water partition coefficient (Wildman–Crippen LogP) is 4.26. The number of benzene rings is 1. The highest BCUT2D eigenvalue weighted by Crippen LogP contribution is 2.33. The smallest absolute Gasteiger partial charge is 0.158 e. The molecule has 8 nitrogen and oxygen atoms in total. The van der Waals surface area contributed by atoms with Crippen LogP contribution in [0.5, 0.6) is 11.5 Å². The minimum absolute atomic E-state index is 0.0281. The van der Waals surface area contributed by atoms with Crippen molar-refractivity contribution in [2.75, 3.05) is 11.9 Å². The summed E-state index contributed by atoms with van der Waals surface area (Å²) in [7, 11) is 0. The average molecular weight is 421 g/mol. The van der Waals surface area contributed by atoms with E-state index in [1.165, 1.54) is 6.33 Å². The van der Waals surface area contributed by atoms with Gasteiger partial charge in [0.25, 0.3) is 0 Å². The summed E-state index contributed by atoms with van der Waals surface area (Å²) in [4.78, 5) is 8.63. The third kappa shape index (κ3) is 3.42. The lowest BCUT2D eigenvalue weighted by Gasteiger charge is -2.12. The van der Waals surface area contributed by atoms with Crippen LogP contribution >= 0.6 is 11.6 Å². The number of ether oxygens (including phenoxy) is 1. The van der Waals surface area contributed by atoms with Crippen LogP contribution in [0, 0.1) is 0 Å². The zero-order chi connectivity index (χ0) is 20.5. The van der Waals surface area contributed by atoms with Crippen molar-refractivity contribution in [3.8, 4) is 11.5 Å². The lowest BCUT2D eigenvalue weighted by atomic mass is 10.3. The van der Waals surface area contributed by atoms with Crippen LogP contribution in [-0.4, -0.2) is 35.9 Å². The van der Waals surface area contributed by atoms with Crippen LogP contribution in [0.25, 0.3) is 16.6 Å². The van der Waals surface area contributed by atoms with E-state index in [1.54, 1.807) is 29.0 Å². The summed E-state index contributed by atoms with van der Waals surface area (Å²) in [6, 6.07) is 13.0. The summed E-state index contributed by atoms with van der Waals surface area (Å²) in [6.45, 7) is 0.486. The number of hydrogen-bond acceptors (Lipinski definition) is 6. The van der Waals surface area contributed by atoms with E-state index in [4.69, 9.17) is 16.3 Å². The first kappa shape index (κ1) is 18.4. The Labute approximate surface area is 176 Å². The lowest BCUT2D eigenvalue weighted by Crippen LogP contribution is -2.04. The van der Waals surface area contributed by atoms with Crippen molar-refractivity contribution in [2.24, 2.45) is 0 Å². The number of rotatable bonds is 6. The number of halogens is 1. The molecule has 5 aromatic rings. The molecule has 2 N–H and O–H groups in total. The van der Waals surface area contributed by atoms with Crippen molar-refractivity contribution in [2.45, 2.75) is 6.54 Å². The molecular weight excluding hydrogens is 404 g/mol. The monoisotopic (exact) mass is 420 g/mol. The molecule has 0 aliphatic carbocycles. The van der Waals surface area contributed by atoms with Gasteiger partial charge in [0.2, 0.25) is 0 Å². The van der Waals surface area contributed by atoms with Gasteiger partial charge in [0.1, 0.15) is 23.3 Å². The number of fused-ring (bicyclic) bond motifs is 2. The van der Waals surface area contributed by atoms with E-state index in [1.807, 2.05) is 41.1 Å². The van der Waals surface area contributed by atoms with Crippen LogP contribution in [0.3, 0.4) is 0 Å². The molecule has 0 amide bonds. The Balaban J connectivity index is 1.41. The van der Waals surface area contributed by atoms with Gasteiger partial charge in [-0.25, -0.2) is 14.5 Å². The summed E-state index contributed by atoms with van der Waals surface area (Å²) in [5.74, 6) is 1.80. The molecule has 150 valence electrons. The van der Waals surface area contributed by atoms with Gasteiger partial charge >= 0.3 is 0 Å². The molecule has 0 aliphatic rings. The number of hydrogen-bond donors (Lipinski definition) is 2. The molecule has 0 bridgehead atoms. The largest absolute Gasteiger partial charge is 0.454 e. The molecule has 0 fully saturated rings. The molecule has 5 rings (SSSR count). The molecule has 4 heterocycles. The topological polar surface area (TPSA) is 89.5 Å². The first-order valence-electron chi connectivity index (χ1n) is 9.30. The standard InChI is InChI=1S/C21H17ClN6O2/c22-17-11-14(26-21-20-18(23-13-24-21)6-8-27(20)9-10-29)1-4-19(17)30-16-3-2-15-5-7-25-28(15)12-16/h1-8,11-13,29H,9-10H2,(H,23,24,26). The highest BCUT2D eigenvalue weighted by molar-refractivity contribution is 6.32. The van der Waals surface area contributed by atoms with Crippen LogP contribution < -0.4 is 10.1 Å². The maximum atomic E-state index is 9.29. The Morgan fingerprint density at radius 1 is 1.10 bits per heavy atom. The minimum atomic E-state index is 0.0281. The maximum absolute atomic E-state index is 9.29. The van der Waals surface area contributed by atoms with E-state index in [2.05, 4.69) is 20.4 Å². The first-order valence-corrected chi connectivity index (χ1v) is 9.67. The van der Waals surface area contributed by atoms with Crippen molar-refractivity contribution in [1.82, 2.24) is 24.1 Å². The second-order valence-electron chi connectivity index (χ2n) is 6.63. The summed E-state index contributed by atoms with van der Waals surface area (Å²) < 4.78 is 9.56. The fourth-order valence-electron chi connectivity index (χ4n) is 3.30. The Morgan fingerprint density at radius 3 is 2.90 bits per heavy atom. The average Bonchev–Trinajstić information content (AvgIpc) is 3.38. The van der Waals surface area contributed by atoms with Crippen LogP contribution in [0.1, 0.15) is 0 Å². The zero-order valence-electron chi connectivity index (χ0n) is 15.7. The Kier molecular flexibility index (Phi) is 4.70. The van der Waals surface area contributed by atoms with Crippen molar-refractivity contribution >= 4 is 39.7 Å². The molecule has 0 saturated heterocycles. The SMILES string of the molecule is OCCn1ccc2ncnc(Nc3ccc(Oc4ccc5ccnn5c4)c(Cl)c3)c21. The van der Waals surface area contributed by atoms with Gasteiger partial charge in [-0.15, -0.1) is 0 Å². The van der Waals surface area contributed by atoms with Crippen molar-refractivity contribution in [1.29, 1.82) is 0 Å². The summed E-state index contributed by atoms with van der Waals surface area (Å²) in [5.41, 5.74) is 3.35. The van der Waals surface area contributed by atoms with Gasteiger partial charge in [0.15, 0.2) is 5.82 Å². The van der Waals surface area contributed by atoms with E-state index in [0.717, 1.165) is 22.2 Å². The van der Waals surface area contributed by atoms with Gasteiger partial charge in [-0.05, 0) is 42.5 Å². The van der Waals surface area contributed by atoms with Crippen molar-refractivity contribution < 1.29 is 9.84 Å². The van der Waals surface area contributed by atoms with E-state index in [-0.39, 0.29) is 6.61 Å². The highest BCUT2D eigenvalue weighted by atomic mass is 35.5. The third-order valence-corrected chi connectivity index (χ3v) is 4.98. The molecule has 0 atom stereocenters. The zero-order valence-corrected chi connectivity index (χ0v) is 16.5. The minimum Gasteiger partial charge on any atom is -0.454 e. The van der Waals surface area contributed by atoms with Crippen LogP contribution in [0.15, 0.2) is 67.4 Å². The number of aromatic nitrogens is 5. The number of nitrogens with zero attached hydrogens (tertiary/aromatic N) is 5. The molecule has 9 heteroatoms. The number of anilines is 2. The van der Waals surface area contributed by atoms with Gasteiger partial charge in [-0.2, -0.15) is 5.10 Å². The molecule has 0 radical (unpaired) electrons. The van der Waals surface area contributed by atoms with E-state index in [9.17, 15) is 5.11 Å². The predicted molar refractivity (Wildman–Crippen MR) is 115 cm³/mol. The number of aliphatic hydroxyl groups excluding tert-OH is 1. The summed E-state index contributed by atoms with van der Waals surface area (Å²) in [6.07, 6.45) is 6.90. The molecule has 30 heavy (non-hydrogen) atoms. The Morgan fingerprint density at radius 2 is 2.03 bits per heavy atom. The van der Waals surface area contributed by atoms with Gasteiger partial charge < -0.3 is 19.7 Å². The van der Waals surface area contributed by atoms with Gasteiger partial charge in [0.05, 0.1) is 28.9 Å². The second kappa shape index (κ2) is 7.66. The number of pyridine rings is 1. The molecule has 4 aromatic heterocycles. The Bertz CT molecular complexity index is 1350. The molecule has 0 saturated carbocycles. The normalized spacial score (nSPS) is 11.3. The van der Waals surface area contributed by atoms with Gasteiger partial charge in [-0.3, -0.25) is 0 Å². The van der Waals surface area contributed by atoms with Gasteiger partial charge in [0, 0.05) is 24.6 Å². The fourth-order valence-corrected chi connectivity index (χ4v) is 3.52. The Hall–Kier alpha value is -3.62. The molecule has 0 aliphatic heterocycles. The lowest BCUT2D eigenvalue weighted by molar-refractivity contribution is 0.278. The van der Waals surface area contributed by atoms with Crippen LogP contribution in [0.2, 0.25) is 5.02 Å². The molecule has 1 aromatic carbocycles. The van der Waals surface area contributed by atoms with E-state index in [0.29, 0.717) is 28.9 Å². The highest BCUT2D eigenvalue weighted by Gasteiger charge is 2.11. The van der Waals surface area contributed by atoms with Crippen molar-refractivity contribution in [3.05, 3.63) is 72.4 Å². The summed E-state index contributed by atoms with van der Waals surface area (Å²) in [5, 5.41) is 17.2.